The smallest absolute Gasteiger partial charge is 0.220 e. The molecule has 0 aromatic carbocycles. The molecule has 0 bridgehead atoms. The maximum atomic E-state index is 11.5. The molecule has 0 aliphatic carbocycles. The van der Waals surface area contributed by atoms with Crippen LogP contribution < -0.4 is 5.32 Å². The molecule has 0 aliphatic rings. The fourth-order valence-corrected chi connectivity index (χ4v) is 2.74. The molecular formula is C21H41NO2. The molecular weight excluding hydrogens is 298 g/mol. The van der Waals surface area contributed by atoms with Gasteiger partial charge in [0.1, 0.15) is 0 Å². The minimum Gasteiger partial charge on any atom is -0.383 e. The van der Waals surface area contributed by atoms with E-state index in [4.69, 9.17) is 4.74 Å². The van der Waals surface area contributed by atoms with Crippen LogP contribution in [0.25, 0.3) is 0 Å². The normalized spacial score (nSPS) is 11.2. The maximum Gasteiger partial charge on any atom is 0.220 e. The molecule has 1 N–H and O–H groups in total. The second kappa shape index (κ2) is 20.2. The predicted molar refractivity (Wildman–Crippen MR) is 104 cm³/mol. The van der Waals surface area contributed by atoms with Crippen molar-refractivity contribution in [3.8, 4) is 0 Å². The lowest BCUT2D eigenvalue weighted by molar-refractivity contribution is -0.121. The van der Waals surface area contributed by atoms with E-state index in [0.29, 0.717) is 19.6 Å². The number of methoxy groups -OCH3 is 1. The third-order valence-electron chi connectivity index (χ3n) is 4.29. The third-order valence-corrected chi connectivity index (χ3v) is 4.29. The number of allylic oxidation sites excluding steroid dienone is 2. The van der Waals surface area contributed by atoms with Crippen LogP contribution in [0.2, 0.25) is 0 Å². The first-order chi connectivity index (χ1) is 11.8. The van der Waals surface area contributed by atoms with Crippen LogP contribution in [0.3, 0.4) is 0 Å². The fraction of sp³-hybridized carbons (Fsp3) is 0.857. The van der Waals surface area contributed by atoms with Gasteiger partial charge in [-0.3, -0.25) is 4.79 Å². The molecule has 142 valence electrons. The van der Waals surface area contributed by atoms with Crippen molar-refractivity contribution in [3.63, 3.8) is 0 Å². The van der Waals surface area contributed by atoms with Crippen molar-refractivity contribution >= 4 is 5.91 Å². The number of hydrogen-bond acceptors (Lipinski definition) is 2. The Balaban J connectivity index is 3.16. The molecule has 0 rings (SSSR count). The van der Waals surface area contributed by atoms with Crippen LogP contribution in [-0.4, -0.2) is 26.2 Å². The minimum atomic E-state index is 0.157. The molecule has 0 radical (unpaired) electrons. The Morgan fingerprint density at radius 3 is 1.96 bits per heavy atom. The van der Waals surface area contributed by atoms with E-state index in [-0.39, 0.29) is 5.91 Å². The van der Waals surface area contributed by atoms with Crippen LogP contribution in [0, 0.1) is 0 Å². The van der Waals surface area contributed by atoms with Crippen LogP contribution in [0.1, 0.15) is 96.8 Å². The van der Waals surface area contributed by atoms with Gasteiger partial charge in [-0.15, -0.1) is 0 Å². The van der Waals surface area contributed by atoms with E-state index < -0.39 is 0 Å². The van der Waals surface area contributed by atoms with Crippen LogP contribution in [0.4, 0.5) is 0 Å². The highest BCUT2D eigenvalue weighted by Crippen LogP contribution is 2.09. The average molecular weight is 340 g/mol. The summed E-state index contributed by atoms with van der Waals surface area (Å²) < 4.78 is 4.90. The molecule has 0 unspecified atom stereocenters. The Kier molecular flexibility index (Phi) is 19.5. The van der Waals surface area contributed by atoms with Gasteiger partial charge < -0.3 is 10.1 Å². The van der Waals surface area contributed by atoms with Gasteiger partial charge >= 0.3 is 0 Å². The summed E-state index contributed by atoms with van der Waals surface area (Å²) in [5.41, 5.74) is 0. The Labute approximate surface area is 150 Å². The molecule has 24 heavy (non-hydrogen) atoms. The first-order valence-corrected chi connectivity index (χ1v) is 10.2. The summed E-state index contributed by atoms with van der Waals surface area (Å²) in [6.45, 7) is 3.49. The van der Waals surface area contributed by atoms with Gasteiger partial charge in [0.05, 0.1) is 6.61 Å². The number of carbonyl (C=O) groups excluding carboxylic acids is 1. The molecule has 1 amide bonds. The predicted octanol–water partition coefficient (Wildman–Crippen LogP) is 5.79. The van der Waals surface area contributed by atoms with Gasteiger partial charge in [0, 0.05) is 20.1 Å². The summed E-state index contributed by atoms with van der Waals surface area (Å²) in [5, 5.41) is 2.86. The van der Waals surface area contributed by atoms with E-state index in [9.17, 15) is 4.79 Å². The first-order valence-electron chi connectivity index (χ1n) is 10.2. The molecule has 3 heteroatoms. The van der Waals surface area contributed by atoms with E-state index in [0.717, 1.165) is 6.42 Å². The molecule has 0 atom stereocenters. The lowest BCUT2D eigenvalue weighted by Gasteiger charge is -2.04. The molecule has 0 aromatic heterocycles. The van der Waals surface area contributed by atoms with Gasteiger partial charge in [0.25, 0.3) is 0 Å². The lowest BCUT2D eigenvalue weighted by atomic mass is 10.1. The number of hydrogen-bond donors (Lipinski definition) is 1. The highest BCUT2D eigenvalue weighted by atomic mass is 16.5. The molecule has 0 aliphatic heterocycles. The summed E-state index contributed by atoms with van der Waals surface area (Å²) in [6, 6.07) is 0. The van der Waals surface area contributed by atoms with Gasteiger partial charge in [0.2, 0.25) is 5.91 Å². The standard InChI is InChI=1S/C21H41NO2/c1-3-4-5-6-7-8-9-10-11-12-13-14-15-16-17-18-21(23)22-19-20-24-2/h10-11H,3-9,12-20H2,1-2H3,(H,22,23)/b11-10-. The molecule has 0 aromatic rings. The van der Waals surface area contributed by atoms with Crippen molar-refractivity contribution in [2.24, 2.45) is 0 Å². The van der Waals surface area contributed by atoms with Crippen molar-refractivity contribution in [2.75, 3.05) is 20.3 Å². The molecule has 0 heterocycles. The number of unbranched alkanes of at least 4 members (excludes halogenated alkanes) is 11. The SMILES string of the molecule is CCCCCCCC/C=C\CCCCCCCC(=O)NCCOC. The summed E-state index contributed by atoms with van der Waals surface area (Å²) in [7, 11) is 1.65. The van der Waals surface area contributed by atoms with Crippen molar-refractivity contribution < 1.29 is 9.53 Å². The monoisotopic (exact) mass is 339 g/mol. The molecule has 0 saturated carbocycles. The van der Waals surface area contributed by atoms with Crippen molar-refractivity contribution in [1.29, 1.82) is 0 Å². The summed E-state index contributed by atoms with van der Waals surface area (Å²) >= 11 is 0. The quantitative estimate of drug-likeness (QED) is 0.254. The zero-order chi connectivity index (χ0) is 17.7. The number of rotatable bonds is 18. The highest BCUT2D eigenvalue weighted by molar-refractivity contribution is 5.75. The van der Waals surface area contributed by atoms with Crippen LogP contribution in [-0.2, 0) is 9.53 Å². The van der Waals surface area contributed by atoms with Crippen LogP contribution >= 0.6 is 0 Å². The summed E-state index contributed by atoms with van der Waals surface area (Å²) in [5.74, 6) is 0.157. The van der Waals surface area contributed by atoms with Gasteiger partial charge in [-0.05, 0) is 32.1 Å². The minimum absolute atomic E-state index is 0.157. The Bertz CT molecular complexity index is 290. The second-order valence-corrected chi connectivity index (χ2v) is 6.68. The van der Waals surface area contributed by atoms with Crippen molar-refractivity contribution in [1.82, 2.24) is 5.32 Å². The number of carbonyl (C=O) groups is 1. The fourth-order valence-electron chi connectivity index (χ4n) is 2.74. The highest BCUT2D eigenvalue weighted by Gasteiger charge is 1.99. The Morgan fingerprint density at radius 1 is 0.833 bits per heavy atom. The topological polar surface area (TPSA) is 38.3 Å². The Hall–Kier alpha value is -0.830. The number of nitrogens with one attached hydrogen (secondary N) is 1. The third kappa shape index (κ3) is 19.2. The van der Waals surface area contributed by atoms with E-state index in [1.807, 2.05) is 0 Å². The van der Waals surface area contributed by atoms with Crippen molar-refractivity contribution in [2.45, 2.75) is 96.8 Å². The lowest BCUT2D eigenvalue weighted by Crippen LogP contribution is -2.26. The zero-order valence-electron chi connectivity index (χ0n) is 16.3. The van der Waals surface area contributed by atoms with E-state index in [1.54, 1.807) is 7.11 Å². The average Bonchev–Trinajstić information content (AvgIpc) is 2.58. The summed E-state index contributed by atoms with van der Waals surface area (Å²) in [4.78, 5) is 11.5. The number of amides is 1. The summed E-state index contributed by atoms with van der Waals surface area (Å²) in [6.07, 6.45) is 22.1. The molecule has 3 nitrogen and oxygen atoms in total. The van der Waals surface area contributed by atoms with E-state index in [1.165, 1.54) is 77.0 Å². The van der Waals surface area contributed by atoms with Crippen molar-refractivity contribution in [3.05, 3.63) is 12.2 Å². The van der Waals surface area contributed by atoms with E-state index in [2.05, 4.69) is 24.4 Å². The van der Waals surface area contributed by atoms with Gasteiger partial charge in [0.15, 0.2) is 0 Å². The van der Waals surface area contributed by atoms with Gasteiger partial charge in [-0.25, -0.2) is 0 Å². The maximum absolute atomic E-state index is 11.5. The molecule has 0 spiro atoms. The zero-order valence-corrected chi connectivity index (χ0v) is 16.3. The molecule has 0 fully saturated rings. The first kappa shape index (κ1) is 23.2. The Morgan fingerprint density at radius 2 is 1.38 bits per heavy atom. The van der Waals surface area contributed by atoms with Crippen LogP contribution in [0.15, 0.2) is 12.2 Å². The largest absolute Gasteiger partial charge is 0.383 e. The van der Waals surface area contributed by atoms with Crippen LogP contribution in [0.5, 0.6) is 0 Å². The second-order valence-electron chi connectivity index (χ2n) is 6.68. The van der Waals surface area contributed by atoms with E-state index >= 15 is 0 Å². The molecule has 0 saturated heterocycles. The van der Waals surface area contributed by atoms with Gasteiger partial charge in [-0.1, -0.05) is 70.4 Å². The number of ether oxygens (including phenoxy) is 1. The van der Waals surface area contributed by atoms with Gasteiger partial charge in [-0.2, -0.15) is 0 Å².